The second kappa shape index (κ2) is 5.31. The number of hydrogen-bond acceptors (Lipinski definition) is 2. The van der Waals surface area contributed by atoms with E-state index in [1.807, 2.05) is 0 Å². The van der Waals surface area contributed by atoms with E-state index in [1.165, 1.54) is 24.3 Å². The average molecular weight is 246 g/mol. The first-order valence-electron chi connectivity index (χ1n) is 5.38. The number of halogens is 1. The Kier molecular flexibility index (Phi) is 3.57. The molecule has 0 saturated carbocycles. The fourth-order valence-electron chi connectivity index (χ4n) is 1.54. The van der Waals surface area contributed by atoms with Gasteiger partial charge in [-0.05, 0) is 30.3 Å². The van der Waals surface area contributed by atoms with Crippen molar-refractivity contribution in [2.45, 2.75) is 6.42 Å². The Labute approximate surface area is 103 Å². The fourth-order valence-corrected chi connectivity index (χ4v) is 1.54. The van der Waals surface area contributed by atoms with E-state index in [2.05, 4.69) is 0 Å². The fraction of sp³-hybridized carbons (Fsp3) is 0.0714. The second-order valence-electron chi connectivity index (χ2n) is 3.73. The van der Waals surface area contributed by atoms with Crippen LogP contribution in [0.1, 0.15) is 5.56 Å². The molecule has 0 heterocycles. The van der Waals surface area contributed by atoms with Crippen LogP contribution in [0.3, 0.4) is 0 Å². The van der Waals surface area contributed by atoms with Crippen molar-refractivity contribution in [2.75, 3.05) is 0 Å². The molecule has 2 aromatic rings. The number of rotatable bonds is 4. The SMILES string of the molecule is O=C(O)Cc1ccccc1Oc1ccc(F)cc1. The lowest BCUT2D eigenvalue weighted by molar-refractivity contribution is -0.136. The molecule has 1 N–H and O–H groups in total. The van der Waals surface area contributed by atoms with Gasteiger partial charge in [-0.25, -0.2) is 4.39 Å². The molecule has 0 unspecified atom stereocenters. The van der Waals surface area contributed by atoms with Gasteiger partial charge < -0.3 is 9.84 Å². The predicted octanol–water partition coefficient (Wildman–Crippen LogP) is 3.25. The minimum atomic E-state index is -0.926. The Hall–Kier alpha value is -2.36. The van der Waals surface area contributed by atoms with Gasteiger partial charge in [0.2, 0.25) is 0 Å². The van der Waals surface area contributed by atoms with Crippen LogP contribution in [0.25, 0.3) is 0 Å². The molecule has 0 bridgehead atoms. The van der Waals surface area contributed by atoms with E-state index in [4.69, 9.17) is 9.84 Å². The summed E-state index contributed by atoms with van der Waals surface area (Å²) in [6, 6.07) is 12.4. The normalized spacial score (nSPS) is 10.1. The smallest absolute Gasteiger partial charge is 0.307 e. The molecule has 4 heteroatoms. The monoisotopic (exact) mass is 246 g/mol. The Morgan fingerprint density at radius 3 is 2.44 bits per heavy atom. The molecular formula is C14H11FO3. The zero-order valence-corrected chi connectivity index (χ0v) is 9.47. The van der Waals surface area contributed by atoms with Crippen LogP contribution in [0.4, 0.5) is 4.39 Å². The maximum absolute atomic E-state index is 12.7. The van der Waals surface area contributed by atoms with Gasteiger partial charge in [-0.3, -0.25) is 4.79 Å². The first-order valence-corrected chi connectivity index (χ1v) is 5.38. The summed E-state index contributed by atoms with van der Waals surface area (Å²) in [5.41, 5.74) is 0.578. The minimum Gasteiger partial charge on any atom is -0.481 e. The highest BCUT2D eigenvalue weighted by atomic mass is 19.1. The van der Waals surface area contributed by atoms with Crippen molar-refractivity contribution < 1.29 is 19.0 Å². The summed E-state index contributed by atoms with van der Waals surface area (Å²) in [5.74, 6) is -0.341. The van der Waals surface area contributed by atoms with Gasteiger partial charge in [0.1, 0.15) is 17.3 Å². The van der Waals surface area contributed by atoms with Gasteiger partial charge in [-0.15, -0.1) is 0 Å². The van der Waals surface area contributed by atoms with Crippen molar-refractivity contribution in [3.8, 4) is 11.5 Å². The maximum Gasteiger partial charge on any atom is 0.307 e. The molecule has 0 saturated heterocycles. The largest absolute Gasteiger partial charge is 0.481 e. The Balaban J connectivity index is 2.23. The number of ether oxygens (including phenoxy) is 1. The van der Waals surface area contributed by atoms with Crippen molar-refractivity contribution in [3.05, 3.63) is 59.9 Å². The van der Waals surface area contributed by atoms with E-state index in [0.29, 0.717) is 17.1 Å². The molecule has 0 amide bonds. The van der Waals surface area contributed by atoms with Gasteiger partial charge in [0.25, 0.3) is 0 Å². The zero-order valence-electron chi connectivity index (χ0n) is 9.47. The molecule has 0 fully saturated rings. The molecule has 0 aliphatic carbocycles. The van der Waals surface area contributed by atoms with Crippen LogP contribution in [-0.4, -0.2) is 11.1 Å². The van der Waals surface area contributed by atoms with Gasteiger partial charge in [-0.2, -0.15) is 0 Å². The van der Waals surface area contributed by atoms with Crippen molar-refractivity contribution in [2.24, 2.45) is 0 Å². The van der Waals surface area contributed by atoms with Crippen molar-refractivity contribution in [1.29, 1.82) is 0 Å². The van der Waals surface area contributed by atoms with E-state index in [-0.39, 0.29) is 12.2 Å². The van der Waals surface area contributed by atoms with Crippen molar-refractivity contribution >= 4 is 5.97 Å². The average Bonchev–Trinajstić information content (AvgIpc) is 2.34. The third kappa shape index (κ3) is 3.07. The molecule has 92 valence electrons. The highest BCUT2D eigenvalue weighted by molar-refractivity contribution is 5.71. The van der Waals surface area contributed by atoms with E-state index < -0.39 is 5.97 Å². The minimum absolute atomic E-state index is 0.114. The highest BCUT2D eigenvalue weighted by Gasteiger charge is 2.08. The van der Waals surface area contributed by atoms with E-state index in [0.717, 1.165) is 0 Å². The third-order valence-corrected chi connectivity index (χ3v) is 2.36. The van der Waals surface area contributed by atoms with Crippen LogP contribution < -0.4 is 4.74 Å². The Bertz CT molecular complexity index is 549. The first-order chi connectivity index (χ1) is 8.65. The second-order valence-corrected chi connectivity index (χ2v) is 3.73. The van der Waals surface area contributed by atoms with Crippen LogP contribution in [0, 0.1) is 5.82 Å². The summed E-state index contributed by atoms with van der Waals surface area (Å²) in [6.45, 7) is 0. The molecule has 2 aromatic carbocycles. The summed E-state index contributed by atoms with van der Waals surface area (Å²) in [4.78, 5) is 10.7. The Morgan fingerprint density at radius 1 is 1.11 bits per heavy atom. The molecular weight excluding hydrogens is 235 g/mol. The predicted molar refractivity (Wildman–Crippen MR) is 64.3 cm³/mol. The van der Waals surface area contributed by atoms with E-state index >= 15 is 0 Å². The number of carboxylic acid groups (broad SMARTS) is 1. The molecule has 0 atom stereocenters. The molecule has 0 spiro atoms. The summed E-state index contributed by atoms with van der Waals surface area (Å²) >= 11 is 0. The summed E-state index contributed by atoms with van der Waals surface area (Å²) < 4.78 is 18.3. The quantitative estimate of drug-likeness (QED) is 0.900. The first kappa shape index (κ1) is 12.1. The molecule has 0 aliphatic rings. The van der Waals surface area contributed by atoms with Crippen molar-refractivity contribution in [3.63, 3.8) is 0 Å². The standard InChI is InChI=1S/C14H11FO3/c15-11-5-7-12(8-6-11)18-13-4-2-1-3-10(13)9-14(16)17/h1-8H,9H2,(H,16,17). The number of carbonyl (C=O) groups is 1. The summed E-state index contributed by atoms with van der Waals surface area (Å²) in [7, 11) is 0. The number of aliphatic carboxylic acids is 1. The maximum atomic E-state index is 12.7. The van der Waals surface area contributed by atoms with Gasteiger partial charge >= 0.3 is 5.97 Å². The van der Waals surface area contributed by atoms with E-state index in [9.17, 15) is 9.18 Å². The van der Waals surface area contributed by atoms with Gasteiger partial charge in [-0.1, -0.05) is 18.2 Å². The van der Waals surface area contributed by atoms with Gasteiger partial charge in [0, 0.05) is 5.56 Å². The molecule has 0 aliphatic heterocycles. The summed E-state index contributed by atoms with van der Waals surface area (Å²) in [5, 5.41) is 8.79. The molecule has 0 aromatic heterocycles. The summed E-state index contributed by atoms with van der Waals surface area (Å²) in [6.07, 6.45) is -0.114. The number of para-hydroxylation sites is 1. The number of carboxylic acids is 1. The van der Waals surface area contributed by atoms with Crippen LogP contribution in [0.2, 0.25) is 0 Å². The molecule has 2 rings (SSSR count). The van der Waals surface area contributed by atoms with E-state index in [1.54, 1.807) is 24.3 Å². The number of hydrogen-bond donors (Lipinski definition) is 1. The third-order valence-electron chi connectivity index (χ3n) is 2.36. The van der Waals surface area contributed by atoms with Gasteiger partial charge in [0.05, 0.1) is 6.42 Å². The highest BCUT2D eigenvalue weighted by Crippen LogP contribution is 2.25. The van der Waals surface area contributed by atoms with Crippen LogP contribution in [-0.2, 0) is 11.2 Å². The molecule has 18 heavy (non-hydrogen) atoms. The number of benzene rings is 2. The molecule has 3 nitrogen and oxygen atoms in total. The topological polar surface area (TPSA) is 46.5 Å². The Morgan fingerprint density at radius 2 is 1.78 bits per heavy atom. The molecule has 0 radical (unpaired) electrons. The lowest BCUT2D eigenvalue weighted by atomic mass is 10.1. The van der Waals surface area contributed by atoms with Gasteiger partial charge in [0.15, 0.2) is 0 Å². The van der Waals surface area contributed by atoms with Crippen LogP contribution in [0.5, 0.6) is 11.5 Å². The zero-order chi connectivity index (χ0) is 13.0. The van der Waals surface area contributed by atoms with Crippen LogP contribution >= 0.6 is 0 Å². The van der Waals surface area contributed by atoms with Crippen molar-refractivity contribution in [1.82, 2.24) is 0 Å². The lowest BCUT2D eigenvalue weighted by Gasteiger charge is -2.09. The van der Waals surface area contributed by atoms with Crippen LogP contribution in [0.15, 0.2) is 48.5 Å². The lowest BCUT2D eigenvalue weighted by Crippen LogP contribution is -2.01.